The van der Waals surface area contributed by atoms with Gasteiger partial charge in [-0.2, -0.15) is 13.2 Å². The Morgan fingerprint density at radius 3 is 2.37 bits per heavy atom. The van der Waals surface area contributed by atoms with Crippen LogP contribution >= 0.6 is 0 Å². The van der Waals surface area contributed by atoms with Crippen LogP contribution in [-0.4, -0.2) is 60.5 Å². The van der Waals surface area contributed by atoms with Crippen LogP contribution in [0.15, 0.2) is 59.6 Å². The predicted octanol–water partition coefficient (Wildman–Crippen LogP) is 5.18. The van der Waals surface area contributed by atoms with Gasteiger partial charge in [-0.3, -0.25) is 4.79 Å². The van der Waals surface area contributed by atoms with Gasteiger partial charge in [-0.15, -0.1) is 0 Å². The number of fused-ring (bicyclic) bond motifs is 1. The van der Waals surface area contributed by atoms with Crippen molar-refractivity contribution in [1.82, 2.24) is 19.5 Å². The number of carbonyl (C=O) groups is 2. The molecule has 1 saturated carbocycles. The number of carboxylic acids is 1. The summed E-state index contributed by atoms with van der Waals surface area (Å²) in [6.45, 7) is 1.53. The minimum Gasteiger partial charge on any atom is -0.475 e. The minimum absolute atomic E-state index is 0.0806. The fraction of sp³-hybridized carbons (Fsp3) is 0.333. The SMILES string of the molecule is C[C@@H](Nc1nc(C(=O)O)nc2nc(C(=O)N=CC(CO)c3ccccc3)n(Cc3ccc(C(F)(F)F)cc3)c12)C1CCC1. The monoisotopic (exact) mass is 594 g/mol. The second-order valence-corrected chi connectivity index (χ2v) is 10.5. The highest BCUT2D eigenvalue weighted by molar-refractivity contribution is 6.01. The maximum Gasteiger partial charge on any atom is 0.416 e. The lowest BCUT2D eigenvalue weighted by Crippen LogP contribution is -2.31. The number of hydrogen-bond donors (Lipinski definition) is 3. The molecule has 13 heteroatoms. The second-order valence-electron chi connectivity index (χ2n) is 10.5. The number of aliphatic hydroxyl groups is 1. The van der Waals surface area contributed by atoms with E-state index in [0.29, 0.717) is 11.5 Å². The number of carboxylic acid groups (broad SMARTS) is 1. The molecule has 43 heavy (non-hydrogen) atoms. The van der Waals surface area contributed by atoms with E-state index in [1.165, 1.54) is 22.9 Å². The highest BCUT2D eigenvalue weighted by Crippen LogP contribution is 2.33. The normalized spacial score (nSPS) is 15.4. The zero-order valence-electron chi connectivity index (χ0n) is 23.1. The number of anilines is 1. The summed E-state index contributed by atoms with van der Waals surface area (Å²) in [7, 11) is 0. The molecule has 2 aromatic heterocycles. The van der Waals surface area contributed by atoms with Crippen LogP contribution in [0.3, 0.4) is 0 Å². The van der Waals surface area contributed by atoms with Gasteiger partial charge in [-0.25, -0.2) is 24.7 Å². The second kappa shape index (κ2) is 12.3. The fourth-order valence-corrected chi connectivity index (χ4v) is 4.96. The van der Waals surface area contributed by atoms with Crippen LogP contribution in [0.2, 0.25) is 0 Å². The first-order valence-corrected chi connectivity index (χ1v) is 13.7. The molecule has 1 aliphatic rings. The number of aliphatic imine (C=N–C) groups is 1. The molecule has 1 fully saturated rings. The fourth-order valence-electron chi connectivity index (χ4n) is 4.96. The van der Waals surface area contributed by atoms with Gasteiger partial charge in [0, 0.05) is 18.2 Å². The molecule has 1 aliphatic carbocycles. The molecular weight excluding hydrogens is 565 g/mol. The van der Waals surface area contributed by atoms with Gasteiger partial charge < -0.3 is 20.1 Å². The molecule has 5 rings (SSSR count). The third-order valence-corrected chi connectivity index (χ3v) is 7.63. The molecule has 0 bridgehead atoms. The van der Waals surface area contributed by atoms with Crippen molar-refractivity contribution in [3.05, 3.63) is 82.9 Å². The Balaban J connectivity index is 1.60. The molecule has 4 aromatic rings. The summed E-state index contributed by atoms with van der Waals surface area (Å²) in [6.07, 6.45) is -0.161. The van der Waals surface area contributed by atoms with E-state index in [2.05, 4.69) is 25.3 Å². The molecule has 224 valence electrons. The predicted molar refractivity (Wildman–Crippen MR) is 152 cm³/mol. The van der Waals surface area contributed by atoms with Crippen molar-refractivity contribution < 1.29 is 33.0 Å². The van der Waals surface area contributed by atoms with Gasteiger partial charge in [0.1, 0.15) is 5.52 Å². The number of halogens is 3. The lowest BCUT2D eigenvalue weighted by atomic mass is 9.80. The van der Waals surface area contributed by atoms with Gasteiger partial charge >= 0.3 is 18.1 Å². The van der Waals surface area contributed by atoms with Crippen LogP contribution in [0.5, 0.6) is 0 Å². The van der Waals surface area contributed by atoms with Crippen molar-refractivity contribution in [1.29, 1.82) is 0 Å². The van der Waals surface area contributed by atoms with Crippen molar-refractivity contribution in [3.63, 3.8) is 0 Å². The summed E-state index contributed by atoms with van der Waals surface area (Å²) < 4.78 is 41.0. The number of benzene rings is 2. The van der Waals surface area contributed by atoms with Crippen molar-refractivity contribution in [2.45, 2.75) is 50.9 Å². The van der Waals surface area contributed by atoms with E-state index in [4.69, 9.17) is 0 Å². The molecule has 3 N–H and O–H groups in total. The van der Waals surface area contributed by atoms with Gasteiger partial charge in [0.05, 0.1) is 18.7 Å². The smallest absolute Gasteiger partial charge is 0.416 e. The highest BCUT2D eigenvalue weighted by atomic mass is 19.4. The van der Waals surface area contributed by atoms with E-state index in [1.54, 1.807) is 24.3 Å². The quantitative estimate of drug-likeness (QED) is 0.213. The van der Waals surface area contributed by atoms with Crippen LogP contribution in [0.1, 0.15) is 70.0 Å². The van der Waals surface area contributed by atoms with E-state index in [0.717, 1.165) is 37.0 Å². The number of carbonyl (C=O) groups excluding carboxylic acids is 1. The maximum atomic E-state index is 13.5. The number of alkyl halides is 3. The summed E-state index contributed by atoms with van der Waals surface area (Å²) in [4.78, 5) is 42.0. The minimum atomic E-state index is -4.52. The lowest BCUT2D eigenvalue weighted by Gasteiger charge is -2.32. The van der Waals surface area contributed by atoms with E-state index >= 15 is 0 Å². The first kappa shape index (κ1) is 29.8. The topological polar surface area (TPSA) is 143 Å². The van der Waals surface area contributed by atoms with Crippen LogP contribution in [-0.2, 0) is 12.7 Å². The molecule has 1 amide bonds. The van der Waals surface area contributed by atoms with E-state index in [-0.39, 0.29) is 42.0 Å². The third-order valence-electron chi connectivity index (χ3n) is 7.63. The standard InChI is InChI=1S/C30H29F3N6O4/c1-17(19-8-5-9-19)35-24-23-25(37-26(36-24)29(42)43)38-27(28(41)34-14-21(16-40)20-6-3-2-4-7-20)39(23)15-18-10-12-22(13-11-18)30(31,32)33/h2-4,6-7,10-14,17,19,21,40H,5,8-9,15-16H2,1H3,(H,42,43)(H,35,36,37)/t17-,21?/m1/s1. The largest absolute Gasteiger partial charge is 0.475 e. The van der Waals surface area contributed by atoms with Crippen molar-refractivity contribution >= 4 is 35.1 Å². The Morgan fingerprint density at radius 1 is 1.09 bits per heavy atom. The number of aromatic nitrogens is 4. The lowest BCUT2D eigenvalue weighted by molar-refractivity contribution is -0.137. The molecule has 2 atom stereocenters. The molecular formula is C30H29F3N6O4. The van der Waals surface area contributed by atoms with Crippen LogP contribution in [0.4, 0.5) is 19.0 Å². The molecule has 0 aliphatic heterocycles. The summed E-state index contributed by atoms with van der Waals surface area (Å²) >= 11 is 0. The summed E-state index contributed by atoms with van der Waals surface area (Å²) in [5, 5.41) is 22.8. The zero-order valence-corrected chi connectivity index (χ0v) is 23.1. The average molecular weight is 595 g/mol. The summed E-state index contributed by atoms with van der Waals surface area (Å²) in [5.74, 6) is -3.05. The van der Waals surface area contributed by atoms with E-state index in [9.17, 15) is 33.0 Å². The van der Waals surface area contributed by atoms with Crippen molar-refractivity contribution in [3.8, 4) is 0 Å². The molecule has 2 aromatic carbocycles. The Morgan fingerprint density at radius 2 is 1.79 bits per heavy atom. The van der Waals surface area contributed by atoms with Gasteiger partial charge in [0.2, 0.25) is 11.6 Å². The van der Waals surface area contributed by atoms with E-state index < -0.39 is 35.4 Å². The Bertz CT molecular complexity index is 1650. The molecule has 10 nitrogen and oxygen atoms in total. The first-order valence-electron chi connectivity index (χ1n) is 13.7. The molecule has 0 radical (unpaired) electrons. The number of amides is 1. The van der Waals surface area contributed by atoms with Crippen molar-refractivity contribution in [2.24, 2.45) is 10.9 Å². The Labute approximate surface area is 244 Å². The average Bonchev–Trinajstić information content (AvgIpc) is 3.31. The summed E-state index contributed by atoms with van der Waals surface area (Å²) in [6, 6.07) is 13.3. The molecule has 0 saturated heterocycles. The number of aliphatic hydroxyl groups excluding tert-OH is 1. The van der Waals surface area contributed by atoms with Crippen LogP contribution in [0, 0.1) is 5.92 Å². The van der Waals surface area contributed by atoms with E-state index in [1.807, 2.05) is 13.0 Å². The van der Waals surface area contributed by atoms with Gasteiger partial charge in [0.15, 0.2) is 11.5 Å². The Hall–Kier alpha value is -4.65. The van der Waals surface area contributed by atoms with Crippen LogP contribution in [0.25, 0.3) is 11.2 Å². The highest BCUT2D eigenvalue weighted by Gasteiger charge is 2.31. The number of nitrogens with one attached hydrogen (secondary N) is 1. The first-order chi connectivity index (χ1) is 20.5. The molecule has 0 spiro atoms. The van der Waals surface area contributed by atoms with Gasteiger partial charge in [0.25, 0.3) is 0 Å². The Kier molecular flexibility index (Phi) is 8.53. The van der Waals surface area contributed by atoms with Crippen molar-refractivity contribution in [2.75, 3.05) is 11.9 Å². The number of imidazole rings is 1. The number of rotatable bonds is 10. The summed E-state index contributed by atoms with van der Waals surface area (Å²) in [5.41, 5.74) is 0.463. The third kappa shape index (κ3) is 6.56. The van der Waals surface area contributed by atoms with Gasteiger partial charge in [-0.05, 0) is 48.9 Å². The number of aromatic carboxylic acids is 1. The van der Waals surface area contributed by atoms with Gasteiger partial charge in [-0.1, -0.05) is 48.9 Å². The zero-order chi connectivity index (χ0) is 30.7. The van der Waals surface area contributed by atoms with Crippen LogP contribution < -0.4 is 5.32 Å². The number of hydrogen-bond acceptors (Lipinski definition) is 7. The molecule has 2 heterocycles. The number of nitrogens with zero attached hydrogens (tertiary/aromatic N) is 5. The molecule has 1 unspecified atom stereocenters. The maximum absolute atomic E-state index is 13.5.